The number of aromatic nitrogens is 2. The molecule has 1 N–H and O–H groups in total. The Balaban J connectivity index is 2.42. The van der Waals surface area contributed by atoms with Crippen molar-refractivity contribution < 1.29 is 0 Å². The molecule has 1 fully saturated rings. The molecule has 0 aromatic carbocycles. The smallest absolute Gasteiger partial charge is 0.232 e. The van der Waals surface area contributed by atoms with Crippen LogP contribution >= 0.6 is 0 Å². The minimum atomic E-state index is 0.265. The molecule has 2 rings (SSSR count). The lowest BCUT2D eigenvalue weighted by Gasteiger charge is -2.05. The Morgan fingerprint density at radius 3 is 2.92 bits per heavy atom. The zero-order chi connectivity index (χ0) is 9.26. The first kappa shape index (κ1) is 7.99. The first-order valence-corrected chi connectivity index (χ1v) is 4.30. The first-order valence-electron chi connectivity index (χ1n) is 4.30. The Kier molecular flexibility index (Phi) is 1.85. The van der Waals surface area contributed by atoms with E-state index in [-0.39, 0.29) is 5.82 Å². The molecule has 0 bridgehead atoms. The summed E-state index contributed by atoms with van der Waals surface area (Å²) in [7, 11) is 1.84. The molecule has 0 aliphatic heterocycles. The summed E-state index contributed by atoms with van der Waals surface area (Å²) in [6.07, 6.45) is 4.03. The van der Waals surface area contributed by atoms with Crippen LogP contribution in [0.4, 0.5) is 5.69 Å². The summed E-state index contributed by atoms with van der Waals surface area (Å²) in [4.78, 5) is 8.09. The summed E-state index contributed by atoms with van der Waals surface area (Å²) in [6, 6.07) is 1.95. The lowest BCUT2D eigenvalue weighted by Crippen LogP contribution is -2.01. The molecule has 1 aliphatic carbocycles. The summed E-state index contributed by atoms with van der Waals surface area (Å²) in [5.74, 6) is 0.804. The highest BCUT2D eigenvalue weighted by molar-refractivity contribution is 5.49. The van der Waals surface area contributed by atoms with Gasteiger partial charge in [-0.15, -0.1) is 0 Å². The van der Waals surface area contributed by atoms with Crippen molar-refractivity contribution in [1.29, 1.82) is 5.26 Å². The number of nitriles is 1. The second kappa shape index (κ2) is 3.02. The maximum Gasteiger partial charge on any atom is 0.232 e. The fourth-order valence-corrected chi connectivity index (χ4v) is 1.31. The first-order chi connectivity index (χ1) is 6.35. The van der Waals surface area contributed by atoms with Crippen LogP contribution in [0.3, 0.4) is 0 Å². The van der Waals surface area contributed by atoms with Crippen LogP contribution in [0.1, 0.15) is 30.3 Å². The molecule has 4 heteroatoms. The van der Waals surface area contributed by atoms with Crippen molar-refractivity contribution in [2.24, 2.45) is 0 Å². The van der Waals surface area contributed by atoms with E-state index < -0.39 is 0 Å². The van der Waals surface area contributed by atoms with Gasteiger partial charge in [-0.05, 0) is 12.8 Å². The minimum Gasteiger partial charge on any atom is -0.385 e. The number of nitrogens with one attached hydrogen (secondary N) is 1. The number of hydrogen-bond acceptors (Lipinski definition) is 4. The fraction of sp³-hybridized carbons (Fsp3) is 0.444. The van der Waals surface area contributed by atoms with Gasteiger partial charge < -0.3 is 5.32 Å². The van der Waals surface area contributed by atoms with Gasteiger partial charge in [0.1, 0.15) is 6.07 Å². The standard InChI is InChI=1S/C9H10N4/c1-11-7-5-12-8(4-10)13-9(7)6-2-3-6/h5-6,11H,2-3H2,1H3. The maximum atomic E-state index is 8.63. The van der Waals surface area contributed by atoms with Gasteiger partial charge in [0, 0.05) is 13.0 Å². The SMILES string of the molecule is CNc1cnc(C#N)nc1C1CC1. The Labute approximate surface area is 76.6 Å². The van der Waals surface area contributed by atoms with E-state index in [1.807, 2.05) is 13.1 Å². The summed E-state index contributed by atoms with van der Waals surface area (Å²) in [6.45, 7) is 0. The maximum absolute atomic E-state index is 8.63. The summed E-state index contributed by atoms with van der Waals surface area (Å²) in [5, 5.41) is 11.7. The van der Waals surface area contributed by atoms with E-state index >= 15 is 0 Å². The predicted molar refractivity (Wildman–Crippen MR) is 48.3 cm³/mol. The molecule has 0 radical (unpaired) electrons. The van der Waals surface area contributed by atoms with Gasteiger partial charge in [-0.2, -0.15) is 5.26 Å². The molecule has 1 saturated carbocycles. The van der Waals surface area contributed by atoms with E-state index in [1.165, 1.54) is 12.8 Å². The molecule has 1 heterocycles. The third-order valence-electron chi connectivity index (χ3n) is 2.15. The monoisotopic (exact) mass is 174 g/mol. The number of nitrogens with zero attached hydrogens (tertiary/aromatic N) is 3. The molecule has 1 aromatic rings. The number of rotatable bonds is 2. The van der Waals surface area contributed by atoms with Gasteiger partial charge in [-0.25, -0.2) is 9.97 Å². The van der Waals surface area contributed by atoms with Gasteiger partial charge in [0.05, 0.1) is 17.6 Å². The molecular formula is C9H10N4. The van der Waals surface area contributed by atoms with Crippen molar-refractivity contribution in [2.45, 2.75) is 18.8 Å². The minimum absolute atomic E-state index is 0.265. The van der Waals surface area contributed by atoms with Crippen molar-refractivity contribution in [3.05, 3.63) is 17.7 Å². The highest BCUT2D eigenvalue weighted by Gasteiger charge is 2.28. The van der Waals surface area contributed by atoms with E-state index in [0.29, 0.717) is 5.92 Å². The van der Waals surface area contributed by atoms with E-state index in [2.05, 4.69) is 15.3 Å². The normalized spacial score (nSPS) is 15.1. The van der Waals surface area contributed by atoms with Crippen LogP contribution in [0.2, 0.25) is 0 Å². The molecule has 1 aliphatic rings. The summed E-state index contributed by atoms with van der Waals surface area (Å²) in [5.41, 5.74) is 1.94. The van der Waals surface area contributed by atoms with Gasteiger partial charge in [0.25, 0.3) is 0 Å². The molecule has 0 amide bonds. The third-order valence-corrected chi connectivity index (χ3v) is 2.15. The lowest BCUT2D eigenvalue weighted by molar-refractivity contribution is 0.969. The van der Waals surface area contributed by atoms with Crippen LogP contribution in [-0.2, 0) is 0 Å². The van der Waals surface area contributed by atoms with Crippen molar-refractivity contribution in [3.63, 3.8) is 0 Å². The molecule has 0 atom stereocenters. The Morgan fingerprint density at radius 1 is 1.62 bits per heavy atom. The Bertz CT molecular complexity index is 362. The average Bonchev–Trinajstić information content (AvgIpc) is 3.00. The van der Waals surface area contributed by atoms with Crippen LogP contribution in [0.5, 0.6) is 0 Å². The van der Waals surface area contributed by atoms with E-state index in [9.17, 15) is 0 Å². The van der Waals surface area contributed by atoms with E-state index in [4.69, 9.17) is 5.26 Å². The zero-order valence-electron chi connectivity index (χ0n) is 7.41. The topological polar surface area (TPSA) is 61.6 Å². The Hall–Kier alpha value is -1.63. The molecule has 0 unspecified atom stereocenters. The van der Waals surface area contributed by atoms with Crippen molar-refractivity contribution >= 4 is 5.69 Å². The van der Waals surface area contributed by atoms with Crippen molar-refractivity contribution in [3.8, 4) is 6.07 Å². The molecule has 13 heavy (non-hydrogen) atoms. The predicted octanol–water partition coefficient (Wildman–Crippen LogP) is 1.27. The van der Waals surface area contributed by atoms with Crippen LogP contribution in [0.25, 0.3) is 0 Å². The molecule has 0 saturated heterocycles. The highest BCUT2D eigenvalue weighted by atomic mass is 15.0. The average molecular weight is 174 g/mol. The van der Waals surface area contributed by atoms with Crippen LogP contribution in [0.15, 0.2) is 6.20 Å². The van der Waals surface area contributed by atoms with Crippen LogP contribution in [-0.4, -0.2) is 17.0 Å². The van der Waals surface area contributed by atoms with Crippen molar-refractivity contribution in [2.75, 3.05) is 12.4 Å². The Morgan fingerprint density at radius 2 is 2.38 bits per heavy atom. The van der Waals surface area contributed by atoms with Gasteiger partial charge in [0.15, 0.2) is 0 Å². The van der Waals surface area contributed by atoms with Gasteiger partial charge >= 0.3 is 0 Å². The summed E-state index contributed by atoms with van der Waals surface area (Å²) >= 11 is 0. The van der Waals surface area contributed by atoms with E-state index in [1.54, 1.807) is 6.20 Å². The largest absolute Gasteiger partial charge is 0.385 e. The molecule has 1 aromatic heterocycles. The lowest BCUT2D eigenvalue weighted by atomic mass is 10.2. The molecular weight excluding hydrogens is 164 g/mol. The second-order valence-corrected chi connectivity index (χ2v) is 3.13. The van der Waals surface area contributed by atoms with Gasteiger partial charge in [-0.3, -0.25) is 0 Å². The summed E-state index contributed by atoms with van der Waals surface area (Å²) < 4.78 is 0. The molecule has 66 valence electrons. The fourth-order valence-electron chi connectivity index (χ4n) is 1.31. The number of anilines is 1. The quantitative estimate of drug-likeness (QED) is 0.733. The van der Waals surface area contributed by atoms with E-state index in [0.717, 1.165) is 11.4 Å². The zero-order valence-corrected chi connectivity index (χ0v) is 7.41. The van der Waals surface area contributed by atoms with Crippen LogP contribution in [0, 0.1) is 11.3 Å². The number of hydrogen-bond donors (Lipinski definition) is 1. The second-order valence-electron chi connectivity index (χ2n) is 3.13. The highest BCUT2D eigenvalue weighted by Crippen LogP contribution is 2.41. The third kappa shape index (κ3) is 1.45. The molecule has 4 nitrogen and oxygen atoms in total. The van der Waals surface area contributed by atoms with Crippen molar-refractivity contribution in [1.82, 2.24) is 9.97 Å². The van der Waals surface area contributed by atoms with Gasteiger partial charge in [0.2, 0.25) is 5.82 Å². The molecule has 0 spiro atoms. The van der Waals surface area contributed by atoms with Crippen LogP contribution < -0.4 is 5.32 Å². The van der Waals surface area contributed by atoms with Gasteiger partial charge in [-0.1, -0.05) is 0 Å².